The molecule has 1 aliphatic rings. The Kier molecular flexibility index (Phi) is 4.79. The van der Waals surface area contributed by atoms with Gasteiger partial charge in [-0.05, 0) is 37.8 Å². The third-order valence-corrected chi connectivity index (χ3v) is 5.13. The first-order valence-electron chi connectivity index (χ1n) is 7.24. The topological polar surface area (TPSA) is 16.1 Å². The van der Waals surface area contributed by atoms with Crippen LogP contribution in [0, 0.1) is 5.92 Å². The Labute approximate surface area is 115 Å². The second-order valence-electron chi connectivity index (χ2n) is 6.22. The Bertz CT molecular complexity index is 362. The monoisotopic (exact) mass is 266 g/mol. The molecule has 2 nitrogen and oxygen atoms in total. The lowest BCUT2D eigenvalue weighted by atomic mass is 9.97. The molecule has 102 valence electrons. The van der Waals surface area contributed by atoms with Crippen molar-refractivity contribution in [2.24, 2.45) is 5.92 Å². The zero-order valence-electron chi connectivity index (χ0n) is 12.1. The highest BCUT2D eigenvalue weighted by Crippen LogP contribution is 2.33. The predicted octanol–water partition coefficient (Wildman–Crippen LogP) is 4.10. The lowest BCUT2D eigenvalue weighted by Gasteiger charge is -2.32. The van der Waals surface area contributed by atoms with Crippen molar-refractivity contribution in [3.8, 4) is 0 Å². The highest BCUT2D eigenvalue weighted by atomic mass is 32.1. The van der Waals surface area contributed by atoms with Gasteiger partial charge in [0.15, 0.2) is 0 Å². The average Bonchev–Trinajstić information content (AvgIpc) is 2.78. The van der Waals surface area contributed by atoms with Crippen LogP contribution in [0.2, 0.25) is 0 Å². The molecule has 0 spiro atoms. The van der Waals surface area contributed by atoms with Crippen molar-refractivity contribution >= 4 is 11.3 Å². The molecule has 1 aliphatic heterocycles. The summed E-state index contributed by atoms with van der Waals surface area (Å²) in [6.45, 7) is 12.9. The van der Waals surface area contributed by atoms with E-state index in [0.717, 1.165) is 5.92 Å². The van der Waals surface area contributed by atoms with Gasteiger partial charge in [0.2, 0.25) is 0 Å². The summed E-state index contributed by atoms with van der Waals surface area (Å²) in [7, 11) is 0. The van der Waals surface area contributed by atoms with Crippen LogP contribution in [0.25, 0.3) is 0 Å². The van der Waals surface area contributed by atoms with E-state index in [9.17, 15) is 0 Å². The molecule has 1 saturated heterocycles. The Morgan fingerprint density at radius 2 is 1.94 bits per heavy atom. The van der Waals surface area contributed by atoms with Crippen LogP contribution < -0.4 is 0 Å². The number of nitrogens with zero attached hydrogens (tertiary/aromatic N) is 2. The molecule has 18 heavy (non-hydrogen) atoms. The van der Waals surface area contributed by atoms with Crippen LogP contribution >= 0.6 is 11.3 Å². The Morgan fingerprint density at radius 1 is 1.28 bits per heavy atom. The molecule has 0 amide bonds. The van der Waals surface area contributed by atoms with Crippen LogP contribution in [0.3, 0.4) is 0 Å². The van der Waals surface area contributed by atoms with Crippen molar-refractivity contribution in [3.63, 3.8) is 0 Å². The molecule has 1 aromatic rings. The molecule has 1 aromatic heterocycles. The quantitative estimate of drug-likeness (QED) is 0.815. The van der Waals surface area contributed by atoms with E-state index < -0.39 is 0 Å². The van der Waals surface area contributed by atoms with Gasteiger partial charge in [-0.1, -0.05) is 27.7 Å². The molecule has 2 rings (SSSR count). The molecule has 0 aliphatic carbocycles. The maximum Gasteiger partial charge on any atom is 0.0959 e. The molecule has 0 bridgehead atoms. The van der Waals surface area contributed by atoms with Crippen LogP contribution in [0.5, 0.6) is 0 Å². The van der Waals surface area contributed by atoms with Gasteiger partial charge in [0.1, 0.15) is 0 Å². The number of hydrogen-bond acceptors (Lipinski definition) is 3. The van der Waals surface area contributed by atoms with Crippen molar-refractivity contribution in [1.82, 2.24) is 9.88 Å². The minimum absolute atomic E-state index is 0.622. The molecule has 0 unspecified atom stereocenters. The lowest BCUT2D eigenvalue weighted by molar-refractivity contribution is 0.192. The number of aromatic nitrogens is 1. The fourth-order valence-corrected chi connectivity index (χ4v) is 3.73. The van der Waals surface area contributed by atoms with Gasteiger partial charge in [0.25, 0.3) is 0 Å². The highest BCUT2D eigenvalue weighted by Gasteiger charge is 2.23. The smallest absolute Gasteiger partial charge is 0.0959 e. The van der Waals surface area contributed by atoms with Gasteiger partial charge >= 0.3 is 0 Å². The third-order valence-electron chi connectivity index (χ3n) is 3.67. The molecular weight excluding hydrogens is 240 g/mol. The molecular formula is C15H26N2S. The largest absolute Gasteiger partial charge is 0.303 e. The van der Waals surface area contributed by atoms with Crippen LogP contribution in [0.1, 0.15) is 62.3 Å². The second-order valence-corrected chi connectivity index (χ2v) is 7.32. The van der Waals surface area contributed by atoms with Gasteiger partial charge < -0.3 is 4.90 Å². The van der Waals surface area contributed by atoms with Gasteiger partial charge in [0, 0.05) is 23.5 Å². The summed E-state index contributed by atoms with van der Waals surface area (Å²) in [5.74, 6) is 2.12. The summed E-state index contributed by atoms with van der Waals surface area (Å²) < 4.78 is 0. The highest BCUT2D eigenvalue weighted by molar-refractivity contribution is 7.11. The summed E-state index contributed by atoms with van der Waals surface area (Å²) in [5, 5.41) is 1.38. The van der Waals surface area contributed by atoms with E-state index in [1.54, 1.807) is 0 Å². The molecule has 0 N–H and O–H groups in total. The first-order valence-corrected chi connectivity index (χ1v) is 8.06. The maximum atomic E-state index is 4.65. The molecule has 0 radical (unpaired) electrons. The average molecular weight is 266 g/mol. The van der Waals surface area contributed by atoms with E-state index in [-0.39, 0.29) is 0 Å². The van der Waals surface area contributed by atoms with E-state index >= 15 is 0 Å². The van der Waals surface area contributed by atoms with E-state index in [1.165, 1.54) is 42.4 Å². The van der Waals surface area contributed by atoms with Crippen LogP contribution in [0.15, 0.2) is 6.20 Å². The van der Waals surface area contributed by atoms with Crippen molar-refractivity contribution in [3.05, 3.63) is 16.1 Å². The van der Waals surface area contributed by atoms with E-state index in [0.29, 0.717) is 11.8 Å². The van der Waals surface area contributed by atoms with E-state index in [2.05, 4.69) is 43.8 Å². The predicted molar refractivity (Wildman–Crippen MR) is 79.5 cm³/mol. The summed E-state index contributed by atoms with van der Waals surface area (Å²) in [5.41, 5.74) is 0. The number of rotatable bonds is 4. The second kappa shape index (κ2) is 6.16. The maximum absolute atomic E-state index is 4.65. The van der Waals surface area contributed by atoms with Crippen molar-refractivity contribution in [2.75, 3.05) is 19.6 Å². The van der Waals surface area contributed by atoms with Gasteiger partial charge in [0.05, 0.1) is 5.01 Å². The number of piperidine rings is 1. The van der Waals surface area contributed by atoms with Crippen LogP contribution in [-0.4, -0.2) is 29.5 Å². The Hall–Kier alpha value is -0.410. The van der Waals surface area contributed by atoms with E-state index in [1.807, 2.05) is 11.3 Å². The Balaban J connectivity index is 1.88. The van der Waals surface area contributed by atoms with Crippen molar-refractivity contribution in [2.45, 2.75) is 52.4 Å². The normalized spacial score (nSPS) is 19.0. The zero-order valence-corrected chi connectivity index (χ0v) is 13.0. The van der Waals surface area contributed by atoms with Crippen LogP contribution in [0.4, 0.5) is 0 Å². The minimum Gasteiger partial charge on any atom is -0.303 e. The van der Waals surface area contributed by atoms with E-state index in [4.69, 9.17) is 0 Å². The van der Waals surface area contributed by atoms with Crippen molar-refractivity contribution in [1.29, 1.82) is 0 Å². The molecule has 0 atom stereocenters. The summed E-state index contributed by atoms with van der Waals surface area (Å²) in [6.07, 6.45) is 4.67. The first kappa shape index (κ1) is 14.0. The Morgan fingerprint density at radius 3 is 2.44 bits per heavy atom. The van der Waals surface area contributed by atoms with Gasteiger partial charge in [-0.2, -0.15) is 0 Å². The lowest BCUT2D eigenvalue weighted by Crippen LogP contribution is -2.35. The first-order chi connectivity index (χ1) is 8.56. The van der Waals surface area contributed by atoms with Crippen LogP contribution in [-0.2, 0) is 0 Å². The SMILES string of the molecule is CC(C)CN1CCC(c2ncc(C(C)C)s2)CC1. The molecule has 0 aromatic carbocycles. The van der Waals surface area contributed by atoms with Gasteiger partial charge in [-0.3, -0.25) is 0 Å². The molecule has 1 fully saturated rings. The fraction of sp³-hybridized carbons (Fsp3) is 0.800. The fourth-order valence-electron chi connectivity index (χ4n) is 2.64. The number of thiazole rings is 1. The summed E-state index contributed by atoms with van der Waals surface area (Å²) >= 11 is 1.93. The minimum atomic E-state index is 0.622. The molecule has 3 heteroatoms. The molecule has 2 heterocycles. The molecule has 0 saturated carbocycles. The number of hydrogen-bond donors (Lipinski definition) is 0. The van der Waals surface area contributed by atoms with Gasteiger partial charge in [-0.15, -0.1) is 11.3 Å². The van der Waals surface area contributed by atoms with Crippen molar-refractivity contribution < 1.29 is 0 Å². The number of likely N-dealkylation sites (tertiary alicyclic amines) is 1. The van der Waals surface area contributed by atoms with Gasteiger partial charge in [-0.25, -0.2) is 4.98 Å². The third kappa shape index (κ3) is 3.55. The summed E-state index contributed by atoms with van der Waals surface area (Å²) in [4.78, 5) is 8.70. The standard InChI is InChI=1S/C15H26N2S/c1-11(2)10-17-7-5-13(6-8-17)15-16-9-14(18-15)12(3)4/h9,11-13H,5-8,10H2,1-4H3. The summed E-state index contributed by atoms with van der Waals surface area (Å²) in [6, 6.07) is 0. The zero-order chi connectivity index (χ0) is 13.1.